The van der Waals surface area contributed by atoms with E-state index in [1.807, 2.05) is 0 Å². The lowest BCUT2D eigenvalue weighted by Crippen LogP contribution is -2.54. The number of hydrogen-bond acceptors (Lipinski definition) is 3. The number of ketones is 1. The van der Waals surface area contributed by atoms with Gasteiger partial charge in [-0.2, -0.15) is 0 Å². The molecule has 0 aromatic rings. The Morgan fingerprint density at radius 3 is 2.86 bits per heavy atom. The molecule has 122 valence electrons. The summed E-state index contributed by atoms with van der Waals surface area (Å²) in [5.41, 5.74) is -2.18. The normalized spacial score (nSPS) is 70.6. The van der Waals surface area contributed by atoms with Crippen LogP contribution < -0.4 is 0 Å². The monoisotopic (exact) mass is 311 g/mol. The molecule has 0 bridgehead atoms. The Kier molecular flexibility index (Phi) is 1.91. The Morgan fingerprint density at radius 1 is 1.32 bits per heavy atom. The summed E-state index contributed by atoms with van der Waals surface area (Å²) in [5.74, 6) is -2.16. The molecule has 4 aliphatic carbocycles. The van der Waals surface area contributed by atoms with Crippen LogP contribution in [0.4, 0.5) is 0 Å². The van der Waals surface area contributed by atoms with E-state index >= 15 is 0 Å². The standard InChI is InChI=1S/C19H28O3/c1-18-7-5-11(20)9-15(18)16(21)10-12-13-3-4-17(22)19(13,2)8-6-14(12)18/h9,12-14,16-17,21-22H,3-8,10H2,1-2H3/t12-,13-,14-,16+,17-,18+,19-/m0/s1/i4D2,5D2,9D,16D,17D. The van der Waals surface area contributed by atoms with Gasteiger partial charge in [-0.3, -0.25) is 4.79 Å². The highest BCUT2D eigenvalue weighted by Gasteiger charge is 2.60. The molecule has 3 nitrogen and oxygen atoms in total. The Bertz CT molecular complexity index is 821. The van der Waals surface area contributed by atoms with Crippen LogP contribution in [0.1, 0.15) is 68.3 Å². The summed E-state index contributed by atoms with van der Waals surface area (Å²) in [7, 11) is 0. The van der Waals surface area contributed by atoms with Crippen LogP contribution in [0.3, 0.4) is 0 Å². The first-order chi connectivity index (χ1) is 12.9. The van der Waals surface area contributed by atoms with Crippen LogP contribution in [-0.4, -0.2) is 28.2 Å². The van der Waals surface area contributed by atoms with Crippen molar-refractivity contribution < 1.29 is 24.6 Å². The molecule has 22 heavy (non-hydrogen) atoms. The molecule has 0 unspecified atom stereocenters. The van der Waals surface area contributed by atoms with Crippen molar-refractivity contribution in [2.75, 3.05) is 0 Å². The lowest BCUT2D eigenvalue weighted by Gasteiger charge is -2.58. The molecular weight excluding hydrogens is 276 g/mol. The van der Waals surface area contributed by atoms with Crippen LogP contribution in [0.5, 0.6) is 0 Å². The van der Waals surface area contributed by atoms with Crippen LogP contribution in [0.25, 0.3) is 0 Å². The second-order valence-corrected chi connectivity index (χ2v) is 7.81. The largest absolute Gasteiger partial charge is 0.393 e. The molecule has 3 saturated carbocycles. The molecule has 2 N–H and O–H groups in total. The molecule has 0 heterocycles. The average Bonchev–Trinajstić information content (AvgIpc) is 2.68. The third-order valence-corrected chi connectivity index (χ3v) is 6.82. The topological polar surface area (TPSA) is 57.5 Å². The molecule has 3 heteroatoms. The molecule has 4 aliphatic rings. The minimum Gasteiger partial charge on any atom is -0.393 e. The molecule has 7 atom stereocenters. The van der Waals surface area contributed by atoms with E-state index in [9.17, 15) is 15.0 Å². The van der Waals surface area contributed by atoms with Crippen LogP contribution >= 0.6 is 0 Å². The van der Waals surface area contributed by atoms with Crippen molar-refractivity contribution in [1.82, 2.24) is 0 Å². The van der Waals surface area contributed by atoms with E-state index < -0.39 is 59.4 Å². The third-order valence-electron chi connectivity index (χ3n) is 6.82. The summed E-state index contributed by atoms with van der Waals surface area (Å²) in [6.07, 6.45) is -8.59. The van der Waals surface area contributed by atoms with E-state index in [1.54, 1.807) is 13.8 Å². The summed E-state index contributed by atoms with van der Waals surface area (Å²) in [4.78, 5) is 12.4. The molecule has 0 saturated heterocycles. The predicted octanol–water partition coefficient (Wildman–Crippen LogP) is 2.85. The Morgan fingerprint density at radius 2 is 2.09 bits per heavy atom. The summed E-state index contributed by atoms with van der Waals surface area (Å²) < 4.78 is 58.0. The summed E-state index contributed by atoms with van der Waals surface area (Å²) in [6, 6.07) is -0.619. The summed E-state index contributed by atoms with van der Waals surface area (Å²) in [5, 5.41) is 21.8. The van der Waals surface area contributed by atoms with Gasteiger partial charge in [-0.15, -0.1) is 0 Å². The van der Waals surface area contributed by atoms with Gasteiger partial charge in [0.25, 0.3) is 0 Å². The van der Waals surface area contributed by atoms with Gasteiger partial charge in [0.05, 0.1) is 16.3 Å². The first-order valence-electron chi connectivity index (χ1n) is 11.6. The minimum absolute atomic E-state index is 0.0304. The molecule has 0 amide bonds. The zero-order valence-electron chi connectivity index (χ0n) is 20.1. The average molecular weight is 311 g/mol. The molecule has 0 aromatic carbocycles. The second kappa shape index (κ2) is 4.67. The Hall–Kier alpha value is -0.670. The van der Waals surface area contributed by atoms with Crippen molar-refractivity contribution in [1.29, 1.82) is 0 Å². The number of fused-ring (bicyclic) bond motifs is 5. The van der Waals surface area contributed by atoms with Gasteiger partial charge in [0.2, 0.25) is 0 Å². The van der Waals surface area contributed by atoms with Gasteiger partial charge >= 0.3 is 0 Å². The van der Waals surface area contributed by atoms with E-state index in [0.29, 0.717) is 12.8 Å². The highest BCUT2D eigenvalue weighted by atomic mass is 16.3. The zero-order chi connectivity index (χ0) is 22.0. The maximum absolute atomic E-state index is 12.4. The number of hydrogen-bond donors (Lipinski definition) is 2. The quantitative estimate of drug-likeness (QED) is 0.723. The van der Waals surface area contributed by atoms with Crippen LogP contribution in [-0.2, 0) is 4.79 Å². The van der Waals surface area contributed by atoms with E-state index in [1.165, 1.54) is 0 Å². The lowest BCUT2D eigenvalue weighted by molar-refractivity contribution is -0.120. The molecule has 3 fully saturated rings. The van der Waals surface area contributed by atoms with Gasteiger partial charge in [0.1, 0.15) is 0 Å². The Balaban J connectivity index is 1.87. The summed E-state index contributed by atoms with van der Waals surface area (Å²) >= 11 is 0. The number of carbonyl (C=O) groups excluding carboxylic acids is 1. The predicted molar refractivity (Wildman–Crippen MR) is 84.1 cm³/mol. The van der Waals surface area contributed by atoms with Crippen molar-refractivity contribution in [2.45, 2.75) is 70.9 Å². The fourth-order valence-electron chi connectivity index (χ4n) is 5.46. The summed E-state index contributed by atoms with van der Waals surface area (Å²) in [6.45, 7) is 3.40. The Labute approximate surface area is 142 Å². The van der Waals surface area contributed by atoms with Gasteiger partial charge < -0.3 is 10.2 Å². The fourth-order valence-corrected chi connectivity index (χ4v) is 5.46. The highest BCUT2D eigenvalue weighted by Crippen LogP contribution is 2.65. The van der Waals surface area contributed by atoms with E-state index in [0.717, 1.165) is 0 Å². The van der Waals surface area contributed by atoms with Crippen molar-refractivity contribution in [3.8, 4) is 0 Å². The van der Waals surface area contributed by atoms with Crippen molar-refractivity contribution in [3.05, 3.63) is 11.6 Å². The zero-order valence-corrected chi connectivity index (χ0v) is 13.1. The fraction of sp³-hybridized carbons (Fsp3) is 0.842. The molecule has 0 aromatic heterocycles. The molecule has 0 radical (unpaired) electrons. The SMILES string of the molecule is [2H]C1=C2[C@](C)(CC([2H])([2H])C1=O)[C@H]1CC[C@@]3(C)[C@@H](CC([2H])([2H])[C@]3([2H])O)[C@@H]1C[C@@]2([2H])O. The molecule has 0 spiro atoms. The number of aliphatic hydroxyl groups is 2. The van der Waals surface area contributed by atoms with E-state index in [2.05, 4.69) is 0 Å². The van der Waals surface area contributed by atoms with E-state index in [4.69, 9.17) is 9.60 Å². The number of rotatable bonds is 0. The van der Waals surface area contributed by atoms with Crippen molar-refractivity contribution in [2.24, 2.45) is 28.6 Å². The maximum Gasteiger partial charge on any atom is 0.155 e. The van der Waals surface area contributed by atoms with Gasteiger partial charge in [0, 0.05) is 11.9 Å². The molecule has 4 rings (SSSR count). The van der Waals surface area contributed by atoms with Gasteiger partial charge in [-0.1, -0.05) is 13.8 Å². The lowest BCUT2D eigenvalue weighted by atomic mass is 9.47. The van der Waals surface area contributed by atoms with Crippen molar-refractivity contribution in [3.63, 3.8) is 0 Å². The third kappa shape index (κ3) is 1.78. The first-order valence-corrected chi connectivity index (χ1v) is 8.14. The van der Waals surface area contributed by atoms with Crippen molar-refractivity contribution >= 4 is 5.78 Å². The first kappa shape index (κ1) is 8.98. The van der Waals surface area contributed by atoms with Crippen LogP contribution in [0, 0.1) is 28.6 Å². The van der Waals surface area contributed by atoms with Crippen LogP contribution in [0.2, 0.25) is 0 Å². The molecular formula is C19H28O3. The van der Waals surface area contributed by atoms with Crippen LogP contribution in [0.15, 0.2) is 11.6 Å². The van der Waals surface area contributed by atoms with E-state index in [-0.39, 0.29) is 30.8 Å². The maximum atomic E-state index is 12.4. The highest BCUT2D eigenvalue weighted by molar-refractivity contribution is 5.91. The molecule has 0 aliphatic heterocycles. The minimum atomic E-state index is -2.30. The smallest absolute Gasteiger partial charge is 0.155 e. The van der Waals surface area contributed by atoms with Gasteiger partial charge in [-0.25, -0.2) is 0 Å². The van der Waals surface area contributed by atoms with Gasteiger partial charge in [0.15, 0.2) is 5.78 Å². The second-order valence-electron chi connectivity index (χ2n) is 7.81. The number of carbonyl (C=O) groups is 1. The van der Waals surface area contributed by atoms with Gasteiger partial charge in [-0.05, 0) is 78.7 Å².